The maximum Gasteiger partial charge on any atom is -0.0576 e. The molecule has 0 rings (SSSR count). The molecule has 0 N–H and O–H groups in total. The maximum absolute atomic E-state index is 10.2. The molecule has 0 heterocycles. The third-order valence-electron chi connectivity index (χ3n) is 0.577. The summed E-state index contributed by atoms with van der Waals surface area (Å²) in [6.45, 7) is 9.81. The second kappa shape index (κ2) is 7.81. The SMILES string of the molecule is C[CH2][Al+][CH2]C.C[Si](C)(C)[O-]. The molecule has 0 radical (unpaired) electrons. The second-order valence-electron chi connectivity index (χ2n) is 3.22. The van der Waals surface area contributed by atoms with Crippen molar-refractivity contribution in [2.75, 3.05) is 0 Å². The van der Waals surface area contributed by atoms with Gasteiger partial charge in [-0.25, -0.2) is 0 Å². The minimum Gasteiger partial charge on any atom is -0.859 e. The largest absolute Gasteiger partial charge is 0.859 e. The summed E-state index contributed by atoms with van der Waals surface area (Å²) < 4.78 is 0. The Morgan fingerprint density at radius 2 is 1.30 bits per heavy atom. The first kappa shape index (κ1) is 13.3. The zero-order chi connectivity index (χ0) is 8.62. The zero-order valence-corrected chi connectivity index (χ0v) is 10.1. The molecule has 0 amide bonds. The van der Waals surface area contributed by atoms with E-state index in [1.807, 2.05) is 0 Å². The van der Waals surface area contributed by atoms with Crippen LogP contribution in [0.25, 0.3) is 0 Å². The van der Waals surface area contributed by atoms with Gasteiger partial charge in [0.2, 0.25) is 0 Å². The van der Waals surface area contributed by atoms with Gasteiger partial charge in [-0.15, -0.1) is 0 Å². The summed E-state index contributed by atoms with van der Waals surface area (Å²) in [5.74, 6) is 0. The van der Waals surface area contributed by atoms with Crippen LogP contribution in [0.1, 0.15) is 13.8 Å². The Kier molecular flexibility index (Phi) is 10.4. The number of hydrogen-bond donors (Lipinski definition) is 0. The molecule has 0 aliphatic heterocycles. The van der Waals surface area contributed by atoms with Crippen LogP contribution in [0.3, 0.4) is 0 Å². The Morgan fingerprint density at radius 1 is 1.10 bits per heavy atom. The molecular weight excluding hydrogens is 155 g/mol. The van der Waals surface area contributed by atoms with Crippen molar-refractivity contribution in [1.82, 2.24) is 0 Å². The van der Waals surface area contributed by atoms with Crippen molar-refractivity contribution in [3.63, 3.8) is 0 Å². The smallest absolute Gasteiger partial charge is 0.0576 e. The van der Waals surface area contributed by atoms with Gasteiger partial charge in [-0.1, -0.05) is 28.0 Å². The fourth-order valence-corrected chi connectivity index (χ4v) is 0.866. The second-order valence-corrected chi connectivity index (χ2v) is 9.65. The van der Waals surface area contributed by atoms with Gasteiger partial charge in [0, 0.05) is 0 Å². The van der Waals surface area contributed by atoms with Crippen molar-refractivity contribution >= 4 is 23.5 Å². The summed E-state index contributed by atoms with van der Waals surface area (Å²) in [5, 5.41) is 2.85. The van der Waals surface area contributed by atoms with Gasteiger partial charge >= 0.3 is 39.6 Å². The number of rotatable bonds is 2. The van der Waals surface area contributed by atoms with Gasteiger partial charge in [-0.05, 0) is 0 Å². The van der Waals surface area contributed by atoms with Gasteiger partial charge in [-0.3, -0.25) is 0 Å². The van der Waals surface area contributed by atoms with Gasteiger partial charge in [0.25, 0.3) is 0 Å². The monoisotopic (exact) mass is 174 g/mol. The van der Waals surface area contributed by atoms with Gasteiger partial charge in [0.15, 0.2) is 0 Å². The standard InChI is InChI=1S/C3H9OSi.2C2H5.Al/c1-5(2,3)4;2*1-2;/h1-3H3;2*1H2,2H3;/q-1;;;+1. The molecule has 0 aromatic carbocycles. The van der Waals surface area contributed by atoms with Crippen LogP contribution in [-0.4, -0.2) is 23.5 Å². The minimum atomic E-state index is -1.86. The molecule has 1 nitrogen and oxygen atoms in total. The molecule has 0 aromatic rings. The normalized spacial score (nSPS) is 9.40. The van der Waals surface area contributed by atoms with Crippen molar-refractivity contribution < 1.29 is 4.80 Å². The van der Waals surface area contributed by atoms with Crippen LogP contribution >= 0.6 is 0 Å². The van der Waals surface area contributed by atoms with Crippen molar-refractivity contribution in [2.45, 2.75) is 44.1 Å². The summed E-state index contributed by atoms with van der Waals surface area (Å²) >= 11 is 0.815. The minimum absolute atomic E-state index is 0.815. The predicted molar refractivity (Wildman–Crippen MR) is 50.1 cm³/mol. The Bertz CT molecular complexity index is 53.1. The molecule has 0 fully saturated rings. The Morgan fingerprint density at radius 3 is 1.30 bits per heavy atom. The Labute approximate surface area is 72.7 Å². The van der Waals surface area contributed by atoms with Crippen molar-refractivity contribution in [1.29, 1.82) is 0 Å². The predicted octanol–water partition coefficient (Wildman–Crippen LogP) is 1.75. The van der Waals surface area contributed by atoms with Gasteiger partial charge in [0.1, 0.15) is 0 Å². The molecule has 0 spiro atoms. The topological polar surface area (TPSA) is 23.1 Å². The third-order valence-corrected chi connectivity index (χ3v) is 1.73. The first-order valence-electron chi connectivity index (χ1n) is 3.93. The summed E-state index contributed by atoms with van der Waals surface area (Å²) in [6, 6.07) is 0. The first-order valence-corrected chi connectivity index (χ1v) is 8.98. The van der Waals surface area contributed by atoms with E-state index in [9.17, 15) is 4.80 Å². The van der Waals surface area contributed by atoms with Gasteiger partial charge < -0.3 is 4.80 Å². The molecule has 0 saturated carbocycles. The summed E-state index contributed by atoms with van der Waals surface area (Å²) in [7, 11) is -1.86. The Hall–Kier alpha value is 0.709. The van der Waals surface area contributed by atoms with E-state index in [4.69, 9.17) is 0 Å². The van der Waals surface area contributed by atoms with Crippen molar-refractivity contribution in [2.24, 2.45) is 0 Å². The van der Waals surface area contributed by atoms with Crippen LogP contribution in [0.2, 0.25) is 30.2 Å². The molecule has 0 unspecified atom stereocenters. The van der Waals surface area contributed by atoms with E-state index in [1.54, 1.807) is 19.6 Å². The van der Waals surface area contributed by atoms with E-state index in [0.29, 0.717) is 0 Å². The van der Waals surface area contributed by atoms with E-state index < -0.39 is 8.32 Å². The molecular formula is C7H19AlOSi. The van der Waals surface area contributed by atoms with Crippen LogP contribution in [-0.2, 0) is 0 Å². The average Bonchev–Trinajstić information content (AvgIpc) is 1.63. The molecule has 0 aromatic heterocycles. The van der Waals surface area contributed by atoms with Crippen LogP contribution in [0, 0.1) is 0 Å². The average molecular weight is 174 g/mol. The molecule has 0 aliphatic carbocycles. The molecule has 0 aliphatic rings. The van der Waals surface area contributed by atoms with Crippen molar-refractivity contribution in [3.8, 4) is 0 Å². The van der Waals surface area contributed by atoms with Crippen LogP contribution < -0.4 is 4.80 Å². The van der Waals surface area contributed by atoms with Crippen molar-refractivity contribution in [3.05, 3.63) is 0 Å². The van der Waals surface area contributed by atoms with E-state index in [2.05, 4.69) is 13.8 Å². The summed E-state index contributed by atoms with van der Waals surface area (Å²) in [5.41, 5.74) is 0. The third kappa shape index (κ3) is 70.5. The quantitative estimate of drug-likeness (QED) is 0.585. The Balaban J connectivity index is 0. The first-order chi connectivity index (χ1) is 4.41. The molecule has 3 heteroatoms. The van der Waals surface area contributed by atoms with E-state index >= 15 is 0 Å². The maximum atomic E-state index is 10.2. The van der Waals surface area contributed by atoms with Crippen LogP contribution in [0.15, 0.2) is 0 Å². The fraction of sp³-hybridized carbons (Fsp3) is 1.00. The van der Waals surface area contributed by atoms with E-state index in [1.165, 1.54) is 10.6 Å². The zero-order valence-electron chi connectivity index (χ0n) is 7.90. The molecule has 0 saturated heterocycles. The van der Waals surface area contributed by atoms with E-state index in [0.717, 1.165) is 15.2 Å². The van der Waals surface area contributed by atoms with Crippen LogP contribution in [0.4, 0.5) is 0 Å². The molecule has 10 heavy (non-hydrogen) atoms. The molecule has 60 valence electrons. The fourth-order valence-electron chi connectivity index (χ4n) is 0.289. The van der Waals surface area contributed by atoms with E-state index in [-0.39, 0.29) is 0 Å². The van der Waals surface area contributed by atoms with Gasteiger partial charge in [-0.2, -0.15) is 0 Å². The summed E-state index contributed by atoms with van der Waals surface area (Å²) in [6.07, 6.45) is 0. The van der Waals surface area contributed by atoms with Gasteiger partial charge in [0.05, 0.1) is 0 Å². The molecule has 0 atom stereocenters. The number of hydrogen-bond acceptors (Lipinski definition) is 1. The van der Waals surface area contributed by atoms with Crippen LogP contribution in [0.5, 0.6) is 0 Å². The summed E-state index contributed by atoms with van der Waals surface area (Å²) in [4.78, 5) is 10.2. The molecule has 0 bridgehead atoms.